The van der Waals surface area contributed by atoms with Gasteiger partial charge in [0.1, 0.15) is 24.7 Å². The van der Waals surface area contributed by atoms with Gasteiger partial charge in [0, 0.05) is 25.2 Å². The zero-order valence-corrected chi connectivity index (χ0v) is 21.6. The Kier molecular flexibility index (Phi) is 9.51. The van der Waals surface area contributed by atoms with E-state index in [2.05, 4.69) is 17.0 Å². The molecule has 0 aliphatic rings. The predicted octanol–water partition coefficient (Wildman–Crippen LogP) is 5.29. The summed E-state index contributed by atoms with van der Waals surface area (Å²) in [5.74, 6) is 1.01. The molecule has 196 valence electrons. The fourth-order valence-corrected chi connectivity index (χ4v) is 4.20. The SMILES string of the molecule is Cc1cc(C(N)=O)ccc1OCCN(Cc1ccccc1)CC(O)c1ccc(OCc2ccccc2)cc1. The molecule has 38 heavy (non-hydrogen) atoms. The van der Waals surface area contributed by atoms with Crippen molar-refractivity contribution in [1.82, 2.24) is 4.90 Å². The lowest BCUT2D eigenvalue weighted by Crippen LogP contribution is -2.32. The molecule has 4 aromatic carbocycles. The van der Waals surface area contributed by atoms with Crippen LogP contribution < -0.4 is 15.2 Å². The molecule has 1 amide bonds. The van der Waals surface area contributed by atoms with Crippen molar-refractivity contribution in [3.63, 3.8) is 0 Å². The molecule has 3 N–H and O–H groups in total. The molecule has 0 heterocycles. The van der Waals surface area contributed by atoms with Gasteiger partial charge in [-0.2, -0.15) is 0 Å². The van der Waals surface area contributed by atoms with E-state index in [9.17, 15) is 9.90 Å². The summed E-state index contributed by atoms with van der Waals surface area (Å²) in [5.41, 5.74) is 9.77. The Hall–Kier alpha value is -4.13. The number of aryl methyl sites for hydroxylation is 1. The van der Waals surface area contributed by atoms with Crippen molar-refractivity contribution in [2.75, 3.05) is 19.7 Å². The normalized spacial score (nSPS) is 11.8. The number of nitrogens with two attached hydrogens (primary N) is 1. The summed E-state index contributed by atoms with van der Waals surface area (Å²) in [6.45, 7) is 4.56. The number of rotatable bonds is 13. The smallest absolute Gasteiger partial charge is 0.248 e. The predicted molar refractivity (Wildman–Crippen MR) is 149 cm³/mol. The van der Waals surface area contributed by atoms with Crippen LogP contribution in [0, 0.1) is 6.92 Å². The van der Waals surface area contributed by atoms with Gasteiger partial charge in [-0.15, -0.1) is 0 Å². The Morgan fingerprint density at radius 1 is 0.868 bits per heavy atom. The molecule has 0 spiro atoms. The summed E-state index contributed by atoms with van der Waals surface area (Å²) in [6, 6.07) is 33.0. The highest BCUT2D eigenvalue weighted by atomic mass is 16.5. The summed E-state index contributed by atoms with van der Waals surface area (Å²) in [4.78, 5) is 13.6. The van der Waals surface area contributed by atoms with Crippen LogP contribution in [0.15, 0.2) is 103 Å². The van der Waals surface area contributed by atoms with E-state index in [1.165, 1.54) is 0 Å². The number of benzene rings is 4. The number of hydrogen-bond donors (Lipinski definition) is 2. The Morgan fingerprint density at radius 2 is 1.53 bits per heavy atom. The Balaban J connectivity index is 1.36. The van der Waals surface area contributed by atoms with Crippen LogP contribution in [0.25, 0.3) is 0 Å². The van der Waals surface area contributed by atoms with Crippen molar-refractivity contribution in [2.24, 2.45) is 5.73 Å². The minimum Gasteiger partial charge on any atom is -0.492 e. The van der Waals surface area contributed by atoms with Crippen molar-refractivity contribution in [3.8, 4) is 11.5 Å². The number of hydrogen-bond acceptors (Lipinski definition) is 5. The maximum Gasteiger partial charge on any atom is 0.248 e. The molecule has 0 aliphatic heterocycles. The zero-order valence-electron chi connectivity index (χ0n) is 21.6. The molecule has 6 nitrogen and oxygen atoms in total. The lowest BCUT2D eigenvalue weighted by molar-refractivity contribution is 0.0984. The number of amides is 1. The first-order chi connectivity index (χ1) is 18.5. The lowest BCUT2D eigenvalue weighted by Gasteiger charge is -2.26. The molecule has 4 aromatic rings. The standard InChI is InChI=1S/C32H34N2O4/c1-24-20-28(32(33)36)14-17-31(24)37-19-18-34(21-25-8-4-2-5-9-25)22-30(35)27-12-15-29(16-13-27)38-23-26-10-6-3-7-11-26/h2-17,20,30,35H,18-19,21-23H2,1H3,(H2,33,36). The summed E-state index contributed by atoms with van der Waals surface area (Å²) >= 11 is 0. The van der Waals surface area contributed by atoms with E-state index in [1.54, 1.807) is 18.2 Å². The third-order valence-corrected chi connectivity index (χ3v) is 6.32. The highest BCUT2D eigenvalue weighted by molar-refractivity contribution is 5.93. The molecule has 1 atom stereocenters. The van der Waals surface area contributed by atoms with Gasteiger partial charge in [0.15, 0.2) is 0 Å². The molecule has 0 saturated carbocycles. The van der Waals surface area contributed by atoms with Gasteiger partial charge in [-0.05, 0) is 59.5 Å². The fraction of sp³-hybridized carbons (Fsp3) is 0.219. The van der Waals surface area contributed by atoms with Crippen molar-refractivity contribution < 1.29 is 19.4 Å². The second-order valence-electron chi connectivity index (χ2n) is 9.27. The number of primary amides is 1. The van der Waals surface area contributed by atoms with Crippen molar-refractivity contribution in [3.05, 3.63) is 131 Å². The van der Waals surface area contributed by atoms with E-state index in [4.69, 9.17) is 15.2 Å². The third-order valence-electron chi connectivity index (χ3n) is 6.32. The first-order valence-electron chi connectivity index (χ1n) is 12.7. The quantitative estimate of drug-likeness (QED) is 0.255. The van der Waals surface area contributed by atoms with E-state index in [0.717, 1.165) is 28.0 Å². The summed E-state index contributed by atoms with van der Waals surface area (Å²) in [7, 11) is 0. The number of aliphatic hydroxyl groups is 1. The van der Waals surface area contributed by atoms with Crippen molar-refractivity contribution in [2.45, 2.75) is 26.2 Å². The van der Waals surface area contributed by atoms with E-state index in [1.807, 2.05) is 79.7 Å². The second-order valence-corrected chi connectivity index (χ2v) is 9.27. The van der Waals surface area contributed by atoms with Crippen LogP contribution in [0.3, 0.4) is 0 Å². The Labute approximate surface area is 224 Å². The zero-order chi connectivity index (χ0) is 26.7. The summed E-state index contributed by atoms with van der Waals surface area (Å²) in [5, 5.41) is 11.0. The molecule has 0 aromatic heterocycles. The number of aliphatic hydroxyl groups excluding tert-OH is 1. The average Bonchev–Trinajstić information content (AvgIpc) is 2.94. The Morgan fingerprint density at radius 3 is 2.16 bits per heavy atom. The molecule has 0 radical (unpaired) electrons. The lowest BCUT2D eigenvalue weighted by atomic mass is 10.1. The molecule has 6 heteroatoms. The van der Waals surface area contributed by atoms with E-state index in [0.29, 0.717) is 44.2 Å². The topological polar surface area (TPSA) is 85.0 Å². The van der Waals surface area contributed by atoms with Crippen molar-refractivity contribution >= 4 is 5.91 Å². The van der Waals surface area contributed by atoms with Crippen LogP contribution in [-0.2, 0) is 13.2 Å². The van der Waals surface area contributed by atoms with E-state index >= 15 is 0 Å². The van der Waals surface area contributed by atoms with Gasteiger partial charge in [0.2, 0.25) is 5.91 Å². The van der Waals surface area contributed by atoms with Gasteiger partial charge in [-0.25, -0.2) is 0 Å². The van der Waals surface area contributed by atoms with Crippen LogP contribution in [0.5, 0.6) is 11.5 Å². The molecular formula is C32H34N2O4. The highest BCUT2D eigenvalue weighted by Gasteiger charge is 2.15. The van der Waals surface area contributed by atoms with Gasteiger partial charge >= 0.3 is 0 Å². The molecule has 0 bridgehead atoms. The first kappa shape index (κ1) is 26.9. The van der Waals surface area contributed by atoms with Gasteiger partial charge in [-0.1, -0.05) is 72.8 Å². The molecular weight excluding hydrogens is 476 g/mol. The van der Waals surface area contributed by atoms with Crippen molar-refractivity contribution in [1.29, 1.82) is 0 Å². The fourth-order valence-electron chi connectivity index (χ4n) is 4.20. The molecule has 0 fully saturated rings. The van der Waals surface area contributed by atoms with Crippen LogP contribution in [0.4, 0.5) is 0 Å². The van der Waals surface area contributed by atoms with Crippen LogP contribution >= 0.6 is 0 Å². The monoisotopic (exact) mass is 510 g/mol. The second kappa shape index (κ2) is 13.4. The van der Waals surface area contributed by atoms with Crippen LogP contribution in [0.2, 0.25) is 0 Å². The Bertz CT molecular complexity index is 1290. The number of nitrogens with zero attached hydrogens (tertiary/aromatic N) is 1. The first-order valence-corrected chi connectivity index (χ1v) is 12.7. The number of carbonyl (C=O) groups is 1. The maximum absolute atomic E-state index is 11.4. The van der Waals surface area contributed by atoms with Gasteiger partial charge in [-0.3, -0.25) is 9.69 Å². The molecule has 1 unspecified atom stereocenters. The van der Waals surface area contributed by atoms with E-state index < -0.39 is 12.0 Å². The summed E-state index contributed by atoms with van der Waals surface area (Å²) in [6.07, 6.45) is -0.668. The molecule has 0 saturated heterocycles. The largest absolute Gasteiger partial charge is 0.492 e. The van der Waals surface area contributed by atoms with Crippen LogP contribution in [0.1, 0.15) is 38.7 Å². The highest BCUT2D eigenvalue weighted by Crippen LogP contribution is 2.22. The third kappa shape index (κ3) is 7.93. The molecule has 4 rings (SSSR count). The average molecular weight is 511 g/mol. The number of ether oxygens (including phenoxy) is 2. The summed E-state index contributed by atoms with van der Waals surface area (Å²) < 4.78 is 11.9. The minimum absolute atomic E-state index is 0.433. The number of carbonyl (C=O) groups excluding carboxylic acids is 1. The van der Waals surface area contributed by atoms with E-state index in [-0.39, 0.29) is 0 Å². The minimum atomic E-state index is -0.668. The van der Waals surface area contributed by atoms with Crippen LogP contribution in [-0.4, -0.2) is 35.6 Å². The van der Waals surface area contributed by atoms with Gasteiger partial charge < -0.3 is 20.3 Å². The molecule has 0 aliphatic carbocycles. The maximum atomic E-state index is 11.4. The van der Waals surface area contributed by atoms with Gasteiger partial charge in [0.05, 0.1) is 6.10 Å². The van der Waals surface area contributed by atoms with Gasteiger partial charge in [0.25, 0.3) is 0 Å².